The molecule has 4 nitrogen and oxygen atoms in total. The highest BCUT2D eigenvalue weighted by Gasteiger charge is 2.63. The van der Waals surface area contributed by atoms with Crippen molar-refractivity contribution >= 4 is 17.5 Å². The molecule has 0 aromatic heterocycles. The van der Waals surface area contributed by atoms with E-state index >= 15 is 0 Å². The van der Waals surface area contributed by atoms with Crippen LogP contribution in [-0.4, -0.2) is 23.6 Å². The third-order valence-corrected chi connectivity index (χ3v) is 8.51. The van der Waals surface area contributed by atoms with Gasteiger partial charge in [0, 0.05) is 37.5 Å². The van der Waals surface area contributed by atoms with Crippen LogP contribution in [0.15, 0.2) is 0 Å². The first kappa shape index (κ1) is 17.2. The molecule has 4 saturated carbocycles. The molecule has 25 heavy (non-hydrogen) atoms. The predicted molar refractivity (Wildman–Crippen MR) is 92.7 cm³/mol. The summed E-state index contributed by atoms with van der Waals surface area (Å²) in [6.45, 7) is 6.06. The highest BCUT2D eigenvalue weighted by molar-refractivity contribution is 5.86. The smallest absolute Gasteiger partial charge is 0.302 e. The van der Waals surface area contributed by atoms with Gasteiger partial charge in [-0.2, -0.15) is 0 Å². The van der Waals surface area contributed by atoms with Gasteiger partial charge in [-0.25, -0.2) is 0 Å². The minimum atomic E-state index is -0.207. The van der Waals surface area contributed by atoms with Gasteiger partial charge < -0.3 is 4.74 Å². The quantitative estimate of drug-likeness (QED) is 0.679. The Morgan fingerprint density at radius 1 is 1.00 bits per heavy atom. The maximum absolute atomic E-state index is 13.1. The van der Waals surface area contributed by atoms with Crippen molar-refractivity contribution in [3.05, 3.63) is 0 Å². The molecule has 4 rings (SSSR count). The normalized spacial score (nSPS) is 49.2. The molecule has 0 saturated heterocycles. The number of Topliss-reactive ketones (excluding diaryl/α,β-unsaturated/α-hetero) is 2. The Labute approximate surface area is 150 Å². The van der Waals surface area contributed by atoms with Crippen LogP contribution in [0.2, 0.25) is 0 Å². The molecule has 4 heteroatoms. The molecule has 0 aliphatic heterocycles. The minimum absolute atomic E-state index is 0.0396. The minimum Gasteiger partial charge on any atom is -0.462 e. The molecule has 0 amide bonds. The van der Waals surface area contributed by atoms with E-state index in [0.717, 1.165) is 32.1 Å². The van der Waals surface area contributed by atoms with Gasteiger partial charge in [-0.15, -0.1) is 0 Å². The maximum Gasteiger partial charge on any atom is 0.302 e. The Bertz CT molecular complexity index is 625. The van der Waals surface area contributed by atoms with E-state index in [1.54, 1.807) is 0 Å². The molecule has 7 atom stereocenters. The number of carbonyl (C=O) groups is 3. The van der Waals surface area contributed by atoms with Crippen molar-refractivity contribution in [3.63, 3.8) is 0 Å². The van der Waals surface area contributed by atoms with Crippen LogP contribution in [0.4, 0.5) is 0 Å². The second kappa shape index (κ2) is 5.65. The molecule has 0 spiro atoms. The fourth-order valence-corrected chi connectivity index (χ4v) is 7.07. The van der Waals surface area contributed by atoms with Gasteiger partial charge in [-0.05, 0) is 55.3 Å². The van der Waals surface area contributed by atoms with Crippen LogP contribution < -0.4 is 0 Å². The molecular weight excluding hydrogens is 316 g/mol. The summed E-state index contributed by atoms with van der Waals surface area (Å²) in [5.74, 6) is 1.60. The lowest BCUT2D eigenvalue weighted by molar-refractivity contribution is -0.167. The molecule has 0 radical (unpaired) electrons. The van der Waals surface area contributed by atoms with Crippen LogP contribution in [0.3, 0.4) is 0 Å². The molecule has 4 aliphatic rings. The van der Waals surface area contributed by atoms with Crippen molar-refractivity contribution in [3.8, 4) is 0 Å². The average Bonchev–Trinajstić information content (AvgIpc) is 2.85. The number of carbonyl (C=O) groups excluding carboxylic acids is 3. The summed E-state index contributed by atoms with van der Waals surface area (Å²) in [5.41, 5.74) is 0.0729. The van der Waals surface area contributed by atoms with Crippen LogP contribution in [0, 0.1) is 34.5 Å². The van der Waals surface area contributed by atoms with Crippen LogP contribution in [-0.2, 0) is 19.1 Å². The summed E-state index contributed by atoms with van der Waals surface area (Å²) in [5, 5.41) is 0. The first-order valence-corrected chi connectivity index (χ1v) is 9.97. The highest BCUT2D eigenvalue weighted by atomic mass is 16.5. The first-order chi connectivity index (χ1) is 11.8. The van der Waals surface area contributed by atoms with E-state index in [1.807, 2.05) is 0 Å². The molecule has 4 fully saturated rings. The van der Waals surface area contributed by atoms with E-state index in [1.165, 1.54) is 6.92 Å². The number of ketones is 2. The number of ether oxygens (including phenoxy) is 1. The summed E-state index contributed by atoms with van der Waals surface area (Å²) >= 11 is 0. The number of hydrogen-bond donors (Lipinski definition) is 0. The van der Waals surface area contributed by atoms with E-state index in [-0.39, 0.29) is 34.7 Å². The molecule has 4 aliphatic carbocycles. The van der Waals surface area contributed by atoms with Gasteiger partial charge in [0.2, 0.25) is 0 Å². The number of fused-ring (bicyclic) bond motifs is 5. The Kier molecular flexibility index (Phi) is 3.90. The molecule has 0 aromatic rings. The zero-order chi connectivity index (χ0) is 18.0. The van der Waals surface area contributed by atoms with Gasteiger partial charge in [-0.1, -0.05) is 13.8 Å². The number of hydrogen-bond acceptors (Lipinski definition) is 4. The summed E-state index contributed by atoms with van der Waals surface area (Å²) in [6.07, 6.45) is 6.70. The molecule has 138 valence electrons. The van der Waals surface area contributed by atoms with Crippen molar-refractivity contribution in [1.29, 1.82) is 0 Å². The fraction of sp³-hybridized carbons (Fsp3) is 0.857. The van der Waals surface area contributed by atoms with E-state index < -0.39 is 0 Å². The SMILES string of the molecule is CC(=O)OC1CCC2C3C(=O)CC4CC(=O)CCC4(C)C3CCC12C. The van der Waals surface area contributed by atoms with E-state index in [2.05, 4.69) is 13.8 Å². The molecule has 7 unspecified atom stereocenters. The van der Waals surface area contributed by atoms with Crippen LogP contribution in [0.5, 0.6) is 0 Å². The molecule has 0 heterocycles. The van der Waals surface area contributed by atoms with Gasteiger partial charge in [-0.3, -0.25) is 14.4 Å². The Hall–Kier alpha value is -1.19. The Morgan fingerprint density at radius 3 is 2.44 bits per heavy atom. The largest absolute Gasteiger partial charge is 0.462 e. The topological polar surface area (TPSA) is 60.4 Å². The van der Waals surface area contributed by atoms with Crippen molar-refractivity contribution in [2.24, 2.45) is 34.5 Å². The number of rotatable bonds is 1. The van der Waals surface area contributed by atoms with Crippen molar-refractivity contribution < 1.29 is 19.1 Å². The number of esters is 1. The van der Waals surface area contributed by atoms with Crippen LogP contribution >= 0.6 is 0 Å². The van der Waals surface area contributed by atoms with E-state index in [4.69, 9.17) is 4.74 Å². The van der Waals surface area contributed by atoms with Gasteiger partial charge in [0.1, 0.15) is 17.7 Å². The lowest BCUT2D eigenvalue weighted by Gasteiger charge is -2.59. The van der Waals surface area contributed by atoms with Crippen molar-refractivity contribution in [1.82, 2.24) is 0 Å². The van der Waals surface area contributed by atoms with Crippen LogP contribution in [0.25, 0.3) is 0 Å². The zero-order valence-electron chi connectivity index (χ0n) is 15.7. The van der Waals surface area contributed by atoms with Gasteiger partial charge in [0.25, 0.3) is 0 Å². The maximum atomic E-state index is 13.1. The third kappa shape index (κ3) is 2.43. The van der Waals surface area contributed by atoms with Crippen molar-refractivity contribution in [2.45, 2.75) is 78.2 Å². The molecule has 0 bridgehead atoms. The lowest BCUT2D eigenvalue weighted by Crippen LogP contribution is -2.57. The summed E-state index contributed by atoms with van der Waals surface area (Å²) in [7, 11) is 0. The summed E-state index contributed by atoms with van der Waals surface area (Å²) in [6, 6.07) is 0. The van der Waals surface area contributed by atoms with E-state index in [0.29, 0.717) is 42.7 Å². The van der Waals surface area contributed by atoms with Gasteiger partial charge in [0.05, 0.1) is 0 Å². The Morgan fingerprint density at radius 2 is 1.72 bits per heavy atom. The van der Waals surface area contributed by atoms with E-state index in [9.17, 15) is 14.4 Å². The third-order valence-electron chi connectivity index (χ3n) is 8.51. The Balaban J connectivity index is 1.64. The van der Waals surface area contributed by atoms with Crippen LogP contribution in [0.1, 0.15) is 72.1 Å². The van der Waals surface area contributed by atoms with Crippen molar-refractivity contribution in [2.75, 3.05) is 0 Å². The molecule has 0 aromatic carbocycles. The summed E-state index contributed by atoms with van der Waals surface area (Å²) < 4.78 is 5.65. The highest BCUT2D eigenvalue weighted by Crippen LogP contribution is 2.65. The van der Waals surface area contributed by atoms with Gasteiger partial charge in [0.15, 0.2) is 0 Å². The predicted octanol–water partition coefficient (Wildman–Crippen LogP) is 3.71. The standard InChI is InChI=1S/C21H30O4/c1-12(22)25-18-5-4-15-19-16(7-9-21(15,18)3)20(2)8-6-14(23)10-13(20)11-17(19)24/h13,15-16,18-19H,4-11H2,1-3H3. The second-order valence-corrected chi connectivity index (χ2v) is 9.57. The lowest BCUT2D eigenvalue weighted by atomic mass is 9.45. The van der Waals surface area contributed by atoms with Gasteiger partial charge >= 0.3 is 5.97 Å². The molecule has 0 N–H and O–H groups in total. The molecular formula is C21H30O4. The zero-order valence-corrected chi connectivity index (χ0v) is 15.7. The fourth-order valence-electron chi connectivity index (χ4n) is 7.07. The second-order valence-electron chi connectivity index (χ2n) is 9.57. The first-order valence-electron chi connectivity index (χ1n) is 9.97. The summed E-state index contributed by atoms with van der Waals surface area (Å²) in [4.78, 5) is 36.6. The average molecular weight is 346 g/mol. The monoisotopic (exact) mass is 346 g/mol.